The van der Waals surface area contributed by atoms with Crippen molar-refractivity contribution in [1.82, 2.24) is 14.1 Å². The fourth-order valence-corrected chi connectivity index (χ4v) is 3.54. The number of nitrogens with one attached hydrogen (secondary N) is 2. The standard InChI is InChI=1S/C21H16BrFN4O3/c1-11-9-13(5-8-16(11)22)24-19(28)15-10-26(2)18-17(15)25-21(30)27(20(18)29)14-6-3-12(23)4-7-14/h3-10H,1-2H3,(H,24,28)(H,25,30). The molecule has 0 aliphatic rings. The summed E-state index contributed by atoms with van der Waals surface area (Å²) >= 11 is 3.41. The SMILES string of the molecule is Cc1cc(NC(=O)c2cn(C)c3c(=O)n(-c4ccc(F)cc4)c(=O)[nH]c23)ccc1Br. The molecule has 0 saturated heterocycles. The zero-order valence-corrected chi connectivity index (χ0v) is 17.6. The maximum Gasteiger partial charge on any atom is 0.333 e. The molecule has 0 spiro atoms. The lowest BCUT2D eigenvalue weighted by molar-refractivity contribution is 0.102. The summed E-state index contributed by atoms with van der Waals surface area (Å²) in [6.45, 7) is 1.90. The van der Waals surface area contributed by atoms with Crippen molar-refractivity contribution < 1.29 is 9.18 Å². The fourth-order valence-electron chi connectivity index (χ4n) is 3.29. The Bertz CT molecular complexity index is 1420. The van der Waals surface area contributed by atoms with Crippen molar-refractivity contribution >= 4 is 38.6 Å². The fraction of sp³-hybridized carbons (Fsp3) is 0.0952. The van der Waals surface area contributed by atoms with Crippen molar-refractivity contribution in [3.05, 3.63) is 90.9 Å². The number of hydrogen-bond acceptors (Lipinski definition) is 3. The number of benzene rings is 2. The number of carbonyl (C=O) groups is 1. The number of aromatic nitrogens is 3. The van der Waals surface area contributed by atoms with E-state index >= 15 is 0 Å². The molecule has 2 heterocycles. The second-order valence-corrected chi connectivity index (χ2v) is 7.70. The van der Waals surface area contributed by atoms with Crippen LogP contribution in [-0.2, 0) is 7.05 Å². The van der Waals surface area contributed by atoms with E-state index in [9.17, 15) is 18.8 Å². The molecular formula is C21H16BrFN4O3. The second-order valence-electron chi connectivity index (χ2n) is 6.84. The van der Waals surface area contributed by atoms with Gasteiger partial charge in [-0.2, -0.15) is 0 Å². The molecule has 0 unspecified atom stereocenters. The quantitative estimate of drug-likeness (QED) is 0.480. The first-order valence-corrected chi connectivity index (χ1v) is 9.73. The minimum absolute atomic E-state index is 0.136. The summed E-state index contributed by atoms with van der Waals surface area (Å²) in [4.78, 5) is 41.1. The second kappa shape index (κ2) is 7.42. The molecule has 2 aromatic carbocycles. The maximum absolute atomic E-state index is 13.2. The molecular weight excluding hydrogens is 455 g/mol. The Morgan fingerprint density at radius 1 is 1.13 bits per heavy atom. The number of halogens is 2. The number of H-pyrrole nitrogens is 1. The highest BCUT2D eigenvalue weighted by molar-refractivity contribution is 9.10. The summed E-state index contributed by atoms with van der Waals surface area (Å²) in [5.41, 5.74) is 0.866. The summed E-state index contributed by atoms with van der Waals surface area (Å²) < 4.78 is 16.5. The van der Waals surface area contributed by atoms with Gasteiger partial charge in [0.1, 0.15) is 11.3 Å². The van der Waals surface area contributed by atoms with Crippen LogP contribution in [0.5, 0.6) is 0 Å². The molecule has 9 heteroatoms. The molecule has 0 aliphatic carbocycles. The van der Waals surface area contributed by atoms with Crippen LogP contribution in [0.2, 0.25) is 0 Å². The predicted molar refractivity (Wildman–Crippen MR) is 116 cm³/mol. The number of carbonyl (C=O) groups excluding carboxylic acids is 1. The van der Waals surface area contributed by atoms with E-state index in [1.54, 1.807) is 19.2 Å². The molecule has 2 N–H and O–H groups in total. The molecule has 4 rings (SSSR count). The molecule has 0 aliphatic heterocycles. The third kappa shape index (κ3) is 3.37. The van der Waals surface area contributed by atoms with E-state index in [0.29, 0.717) is 5.69 Å². The normalized spacial score (nSPS) is 11.1. The van der Waals surface area contributed by atoms with Crippen molar-refractivity contribution in [1.29, 1.82) is 0 Å². The summed E-state index contributed by atoms with van der Waals surface area (Å²) in [5.74, 6) is -0.942. The van der Waals surface area contributed by atoms with E-state index in [2.05, 4.69) is 26.2 Å². The number of aromatic amines is 1. The zero-order chi connectivity index (χ0) is 21.6. The molecule has 1 amide bonds. The van der Waals surface area contributed by atoms with Crippen molar-refractivity contribution in [2.45, 2.75) is 6.92 Å². The van der Waals surface area contributed by atoms with Crippen LogP contribution < -0.4 is 16.6 Å². The smallest absolute Gasteiger partial charge is 0.333 e. The average Bonchev–Trinajstić information content (AvgIpc) is 3.02. The van der Waals surface area contributed by atoms with Gasteiger partial charge in [0.25, 0.3) is 11.5 Å². The Labute approximate surface area is 177 Å². The zero-order valence-electron chi connectivity index (χ0n) is 16.0. The van der Waals surface area contributed by atoms with E-state index in [4.69, 9.17) is 0 Å². The van der Waals surface area contributed by atoms with Gasteiger partial charge < -0.3 is 14.9 Å². The van der Waals surface area contributed by atoms with Crippen LogP contribution in [0.3, 0.4) is 0 Å². The molecule has 0 atom stereocenters. The molecule has 30 heavy (non-hydrogen) atoms. The monoisotopic (exact) mass is 470 g/mol. The minimum atomic E-state index is -0.723. The first-order chi connectivity index (χ1) is 14.3. The Balaban J connectivity index is 1.82. The summed E-state index contributed by atoms with van der Waals surface area (Å²) in [7, 11) is 1.61. The van der Waals surface area contributed by atoms with E-state index in [1.165, 1.54) is 22.9 Å². The molecule has 2 aromatic heterocycles. The summed E-state index contributed by atoms with van der Waals surface area (Å²) in [6.07, 6.45) is 1.48. The molecule has 7 nitrogen and oxygen atoms in total. The van der Waals surface area contributed by atoms with Crippen molar-refractivity contribution in [3.63, 3.8) is 0 Å². The van der Waals surface area contributed by atoms with E-state index < -0.39 is 23.0 Å². The minimum Gasteiger partial charge on any atom is -0.344 e. The van der Waals surface area contributed by atoms with Gasteiger partial charge in [-0.15, -0.1) is 0 Å². The Morgan fingerprint density at radius 2 is 1.83 bits per heavy atom. The van der Waals surface area contributed by atoms with Crippen molar-refractivity contribution in [2.75, 3.05) is 5.32 Å². The molecule has 152 valence electrons. The summed E-state index contributed by atoms with van der Waals surface area (Å²) in [6, 6.07) is 10.4. The van der Waals surface area contributed by atoms with Gasteiger partial charge in [0.15, 0.2) is 0 Å². The van der Waals surface area contributed by atoms with Gasteiger partial charge in [0.2, 0.25) is 0 Å². The van der Waals surface area contributed by atoms with Gasteiger partial charge in [0, 0.05) is 23.4 Å². The highest BCUT2D eigenvalue weighted by Crippen LogP contribution is 2.22. The third-order valence-corrected chi connectivity index (χ3v) is 5.66. The number of amides is 1. The van der Waals surface area contributed by atoms with Crippen molar-refractivity contribution in [2.24, 2.45) is 7.05 Å². The molecule has 0 radical (unpaired) electrons. The van der Waals surface area contributed by atoms with Gasteiger partial charge in [-0.1, -0.05) is 15.9 Å². The van der Waals surface area contributed by atoms with Gasteiger partial charge >= 0.3 is 5.69 Å². The van der Waals surface area contributed by atoms with E-state index in [1.807, 2.05) is 13.0 Å². The lowest BCUT2D eigenvalue weighted by Crippen LogP contribution is -2.34. The van der Waals surface area contributed by atoms with Gasteiger partial charge in [0.05, 0.1) is 16.8 Å². The van der Waals surface area contributed by atoms with Gasteiger partial charge in [-0.25, -0.2) is 13.8 Å². The van der Waals surface area contributed by atoms with E-state index in [0.717, 1.165) is 26.7 Å². The Hall–Kier alpha value is -3.46. The predicted octanol–water partition coefficient (Wildman–Crippen LogP) is 3.48. The molecule has 0 bridgehead atoms. The molecule has 0 saturated carbocycles. The highest BCUT2D eigenvalue weighted by atomic mass is 79.9. The number of rotatable bonds is 3. The number of anilines is 1. The van der Waals surface area contributed by atoms with Crippen LogP contribution in [0.25, 0.3) is 16.7 Å². The largest absolute Gasteiger partial charge is 0.344 e. The van der Waals surface area contributed by atoms with Crippen LogP contribution in [-0.4, -0.2) is 20.0 Å². The first-order valence-electron chi connectivity index (χ1n) is 8.94. The van der Waals surface area contributed by atoms with Crippen molar-refractivity contribution in [3.8, 4) is 5.69 Å². The molecule has 4 aromatic rings. The average molecular weight is 471 g/mol. The number of nitrogens with zero attached hydrogens (tertiary/aromatic N) is 2. The topological polar surface area (TPSA) is 88.9 Å². The Kier molecular flexibility index (Phi) is 4.90. The summed E-state index contributed by atoms with van der Waals surface area (Å²) in [5, 5.41) is 2.78. The number of fused-ring (bicyclic) bond motifs is 1. The van der Waals surface area contributed by atoms with Crippen LogP contribution >= 0.6 is 15.9 Å². The third-order valence-electron chi connectivity index (χ3n) is 4.77. The van der Waals surface area contributed by atoms with Gasteiger partial charge in [-0.3, -0.25) is 9.59 Å². The van der Waals surface area contributed by atoms with Crippen LogP contribution in [0.1, 0.15) is 15.9 Å². The highest BCUT2D eigenvalue weighted by Gasteiger charge is 2.20. The Morgan fingerprint density at radius 3 is 2.50 bits per heavy atom. The van der Waals surface area contributed by atoms with Crippen LogP contribution in [0.4, 0.5) is 10.1 Å². The number of aryl methyl sites for hydroxylation is 2. The van der Waals surface area contributed by atoms with Crippen LogP contribution in [0.15, 0.2) is 62.7 Å². The lowest BCUT2D eigenvalue weighted by Gasteiger charge is -2.07. The number of hydrogen-bond donors (Lipinski definition) is 2. The van der Waals surface area contributed by atoms with E-state index in [-0.39, 0.29) is 22.3 Å². The first kappa shape index (κ1) is 19.8. The molecule has 0 fully saturated rings. The lowest BCUT2D eigenvalue weighted by atomic mass is 10.2. The van der Waals surface area contributed by atoms with Crippen LogP contribution in [0, 0.1) is 12.7 Å². The van der Waals surface area contributed by atoms with Gasteiger partial charge in [-0.05, 0) is 55.0 Å². The maximum atomic E-state index is 13.2.